The van der Waals surface area contributed by atoms with Crippen LogP contribution in [0.15, 0.2) is 30.3 Å². The van der Waals surface area contributed by atoms with E-state index in [4.69, 9.17) is 9.47 Å². The fraction of sp³-hybridized carbons (Fsp3) is 0.600. The number of benzene rings is 1. The average Bonchev–Trinajstić information content (AvgIpc) is 2.73. The largest absolute Gasteiger partial charge is 0.466 e. The van der Waals surface area contributed by atoms with Gasteiger partial charge in [-0.3, -0.25) is 14.4 Å². The number of alkyl carbamates (subject to hydrolysis) is 1. The first-order valence-corrected chi connectivity index (χ1v) is 12.3. The number of amides is 3. The van der Waals surface area contributed by atoms with E-state index in [1.165, 1.54) is 4.90 Å². The molecule has 196 valence electrons. The van der Waals surface area contributed by atoms with Crippen LogP contribution in [0.2, 0.25) is 0 Å². The van der Waals surface area contributed by atoms with Crippen molar-refractivity contribution in [3.05, 3.63) is 35.9 Å². The Kier molecular flexibility index (Phi) is 11.6. The van der Waals surface area contributed by atoms with Gasteiger partial charge in [-0.25, -0.2) is 4.79 Å². The van der Waals surface area contributed by atoms with Crippen molar-refractivity contribution in [2.75, 3.05) is 18.9 Å². The van der Waals surface area contributed by atoms with Gasteiger partial charge >= 0.3 is 12.1 Å². The zero-order valence-corrected chi connectivity index (χ0v) is 22.6. The van der Waals surface area contributed by atoms with Gasteiger partial charge in [0.05, 0.1) is 13.0 Å². The van der Waals surface area contributed by atoms with Gasteiger partial charge in [-0.05, 0) is 54.0 Å². The summed E-state index contributed by atoms with van der Waals surface area (Å²) in [5.74, 6) is -1.38. The lowest BCUT2D eigenvalue weighted by molar-refractivity contribution is -0.148. The van der Waals surface area contributed by atoms with Crippen LogP contribution in [0.4, 0.5) is 4.79 Å². The number of ether oxygens (including phenoxy) is 2. The van der Waals surface area contributed by atoms with E-state index in [2.05, 4.69) is 23.3 Å². The molecular weight excluding hydrogens is 470 g/mol. The van der Waals surface area contributed by atoms with Gasteiger partial charge in [0.2, 0.25) is 11.8 Å². The highest BCUT2D eigenvalue weighted by Gasteiger charge is 2.41. The molecule has 0 saturated carbocycles. The third-order valence-electron chi connectivity index (χ3n) is 4.69. The molecule has 2 unspecified atom stereocenters. The Labute approximate surface area is 213 Å². The Hall–Kier alpha value is -2.75. The van der Waals surface area contributed by atoms with Crippen molar-refractivity contribution in [3.63, 3.8) is 0 Å². The van der Waals surface area contributed by atoms with E-state index in [9.17, 15) is 19.2 Å². The number of thiol groups is 1. The van der Waals surface area contributed by atoms with Crippen LogP contribution in [0.3, 0.4) is 0 Å². The normalized spacial score (nSPS) is 13.3. The molecule has 0 aliphatic rings. The molecule has 10 heteroatoms. The van der Waals surface area contributed by atoms with Crippen LogP contribution >= 0.6 is 12.6 Å². The fourth-order valence-corrected chi connectivity index (χ4v) is 3.57. The first-order chi connectivity index (χ1) is 16.2. The Bertz CT molecular complexity index is 864. The van der Waals surface area contributed by atoms with Crippen LogP contribution in [0.1, 0.15) is 66.5 Å². The standard InChI is InChI=1S/C25H39N3O6S/c1-8-33-19(29)14-15-26-21(30)20(17-12-10-9-11-13-17)28(24(2,3)4)22(31)18(16-35)27-23(32)34-25(5,6)7/h9-13,18,20,35H,8,14-16H2,1-7H3,(H,26,30)(H,27,32). The summed E-state index contributed by atoms with van der Waals surface area (Å²) in [6, 6.07) is 6.79. The van der Waals surface area contributed by atoms with Crippen molar-refractivity contribution in [2.24, 2.45) is 0 Å². The van der Waals surface area contributed by atoms with Gasteiger partial charge in [-0.1, -0.05) is 30.3 Å². The summed E-state index contributed by atoms with van der Waals surface area (Å²) in [5.41, 5.74) is -0.976. The summed E-state index contributed by atoms with van der Waals surface area (Å²) in [6.45, 7) is 12.6. The number of carbonyl (C=O) groups is 4. The van der Waals surface area contributed by atoms with Gasteiger partial charge in [0.25, 0.3) is 0 Å². The number of hydrogen-bond acceptors (Lipinski definition) is 7. The fourth-order valence-electron chi connectivity index (χ4n) is 3.32. The maximum Gasteiger partial charge on any atom is 0.408 e. The minimum Gasteiger partial charge on any atom is -0.466 e. The van der Waals surface area contributed by atoms with Crippen LogP contribution in [0.5, 0.6) is 0 Å². The molecular formula is C25H39N3O6S. The topological polar surface area (TPSA) is 114 Å². The number of esters is 1. The summed E-state index contributed by atoms with van der Waals surface area (Å²) < 4.78 is 10.2. The van der Waals surface area contributed by atoms with Crippen LogP contribution < -0.4 is 10.6 Å². The van der Waals surface area contributed by atoms with E-state index >= 15 is 0 Å². The predicted molar refractivity (Wildman–Crippen MR) is 137 cm³/mol. The molecule has 2 atom stereocenters. The van der Waals surface area contributed by atoms with E-state index < -0.39 is 47.1 Å². The lowest BCUT2D eigenvalue weighted by atomic mass is 9.95. The van der Waals surface area contributed by atoms with Crippen LogP contribution in [-0.2, 0) is 23.9 Å². The van der Waals surface area contributed by atoms with Crippen LogP contribution in [-0.4, -0.2) is 64.9 Å². The first-order valence-electron chi connectivity index (χ1n) is 11.6. The Balaban J connectivity index is 3.29. The third-order valence-corrected chi connectivity index (χ3v) is 5.05. The van der Waals surface area contributed by atoms with Crippen molar-refractivity contribution >= 4 is 36.5 Å². The van der Waals surface area contributed by atoms with E-state index in [1.54, 1.807) is 72.7 Å². The van der Waals surface area contributed by atoms with Crippen molar-refractivity contribution < 1.29 is 28.7 Å². The molecule has 1 rings (SSSR count). The third kappa shape index (κ3) is 10.2. The van der Waals surface area contributed by atoms with E-state index in [-0.39, 0.29) is 25.3 Å². The zero-order valence-electron chi connectivity index (χ0n) is 21.7. The molecule has 1 aromatic carbocycles. The Morgan fingerprint density at radius 3 is 2.11 bits per heavy atom. The Morgan fingerprint density at radius 1 is 1.03 bits per heavy atom. The van der Waals surface area contributed by atoms with Crippen molar-refractivity contribution in [1.82, 2.24) is 15.5 Å². The first kappa shape index (κ1) is 30.3. The van der Waals surface area contributed by atoms with Crippen molar-refractivity contribution in [2.45, 2.75) is 78.1 Å². The lowest BCUT2D eigenvalue weighted by Gasteiger charge is -2.42. The second-order valence-electron chi connectivity index (χ2n) is 9.92. The highest BCUT2D eigenvalue weighted by atomic mass is 32.1. The quantitative estimate of drug-likeness (QED) is 0.330. The van der Waals surface area contributed by atoms with Crippen molar-refractivity contribution in [3.8, 4) is 0 Å². The maximum absolute atomic E-state index is 13.8. The van der Waals surface area contributed by atoms with Gasteiger partial charge in [0, 0.05) is 17.8 Å². The molecule has 0 aromatic heterocycles. The summed E-state index contributed by atoms with van der Waals surface area (Å²) in [5, 5.41) is 5.31. The molecule has 0 bridgehead atoms. The molecule has 0 fully saturated rings. The van der Waals surface area contributed by atoms with Gasteiger partial charge in [-0.15, -0.1) is 0 Å². The predicted octanol–water partition coefficient (Wildman–Crippen LogP) is 3.25. The van der Waals surface area contributed by atoms with E-state index in [1.807, 2.05) is 6.07 Å². The number of carbonyl (C=O) groups excluding carboxylic acids is 4. The monoisotopic (exact) mass is 509 g/mol. The van der Waals surface area contributed by atoms with E-state index in [0.29, 0.717) is 5.56 Å². The van der Waals surface area contributed by atoms with Gasteiger partial charge < -0.3 is 25.0 Å². The smallest absolute Gasteiger partial charge is 0.408 e. The van der Waals surface area contributed by atoms with Gasteiger partial charge in [0.15, 0.2) is 0 Å². The molecule has 0 aliphatic carbocycles. The SMILES string of the molecule is CCOC(=O)CCNC(=O)C(c1ccccc1)N(C(=O)C(CS)NC(=O)OC(C)(C)C)C(C)(C)C. The molecule has 9 nitrogen and oxygen atoms in total. The molecule has 0 spiro atoms. The number of nitrogens with one attached hydrogen (secondary N) is 2. The molecule has 0 aliphatic heterocycles. The molecule has 1 aromatic rings. The molecule has 0 heterocycles. The summed E-state index contributed by atoms with van der Waals surface area (Å²) >= 11 is 4.27. The molecule has 35 heavy (non-hydrogen) atoms. The van der Waals surface area contributed by atoms with Crippen LogP contribution in [0.25, 0.3) is 0 Å². The Morgan fingerprint density at radius 2 is 1.63 bits per heavy atom. The number of hydrogen-bond donors (Lipinski definition) is 3. The second-order valence-corrected chi connectivity index (χ2v) is 10.3. The minimum absolute atomic E-state index is 0.00333. The second kappa shape index (κ2) is 13.4. The number of rotatable bonds is 10. The zero-order chi connectivity index (χ0) is 26.8. The molecule has 3 amide bonds. The average molecular weight is 510 g/mol. The minimum atomic E-state index is -1.04. The van der Waals surface area contributed by atoms with Crippen LogP contribution in [0, 0.1) is 0 Å². The molecule has 0 saturated heterocycles. The van der Waals surface area contributed by atoms with E-state index in [0.717, 1.165) is 0 Å². The molecule has 2 N–H and O–H groups in total. The maximum atomic E-state index is 13.8. The highest BCUT2D eigenvalue weighted by molar-refractivity contribution is 7.80. The summed E-state index contributed by atoms with van der Waals surface area (Å²) in [6.07, 6.45) is -0.752. The molecule has 0 radical (unpaired) electrons. The highest BCUT2D eigenvalue weighted by Crippen LogP contribution is 2.30. The van der Waals surface area contributed by atoms with Gasteiger partial charge in [0.1, 0.15) is 17.7 Å². The lowest BCUT2D eigenvalue weighted by Crippen LogP contribution is -2.59. The summed E-state index contributed by atoms with van der Waals surface area (Å²) in [4.78, 5) is 52.7. The number of nitrogens with zero attached hydrogens (tertiary/aromatic N) is 1. The van der Waals surface area contributed by atoms with Crippen molar-refractivity contribution in [1.29, 1.82) is 0 Å². The van der Waals surface area contributed by atoms with Gasteiger partial charge in [-0.2, -0.15) is 12.6 Å². The summed E-state index contributed by atoms with van der Waals surface area (Å²) in [7, 11) is 0.